The predicted molar refractivity (Wildman–Crippen MR) is 72.6 cm³/mol. The Morgan fingerprint density at radius 1 is 1.22 bits per heavy atom. The fourth-order valence-electron chi connectivity index (χ4n) is 1.68. The van der Waals surface area contributed by atoms with Gasteiger partial charge in [0.2, 0.25) is 0 Å². The average molecular weight is 238 g/mol. The van der Waals surface area contributed by atoms with E-state index < -0.39 is 0 Å². The molecule has 0 fully saturated rings. The highest BCUT2D eigenvalue weighted by atomic mass is 15.0. The van der Waals surface area contributed by atoms with Crippen LogP contribution in [0.1, 0.15) is 16.7 Å². The van der Waals surface area contributed by atoms with Crippen molar-refractivity contribution in [2.45, 2.75) is 13.8 Å². The second-order valence-corrected chi connectivity index (χ2v) is 4.20. The Balaban J connectivity index is 2.37. The Morgan fingerprint density at radius 2 is 2.00 bits per heavy atom. The molecule has 1 heterocycles. The Kier molecular flexibility index (Phi) is 3.16. The molecule has 18 heavy (non-hydrogen) atoms. The summed E-state index contributed by atoms with van der Waals surface area (Å²) < 4.78 is 0. The Labute approximate surface area is 106 Å². The van der Waals surface area contributed by atoms with Crippen LogP contribution in [0.15, 0.2) is 30.5 Å². The number of nitrogens with one attached hydrogen (secondary N) is 1. The topological polar surface area (TPSA) is 74.7 Å². The molecule has 2 rings (SSSR count). The fraction of sp³-hybridized carbons (Fsp3) is 0.143. The summed E-state index contributed by atoms with van der Waals surface area (Å²) in [6, 6.07) is 9.50. The number of nitriles is 1. The lowest BCUT2D eigenvalue weighted by molar-refractivity contribution is 1.25. The molecule has 0 unspecified atom stereocenters. The molecule has 1 aromatic carbocycles. The molecule has 3 N–H and O–H groups in total. The summed E-state index contributed by atoms with van der Waals surface area (Å²) in [7, 11) is 0. The Bertz CT molecular complexity index is 626. The molecular weight excluding hydrogens is 224 g/mol. The third kappa shape index (κ3) is 2.41. The van der Waals surface area contributed by atoms with E-state index in [1.54, 1.807) is 12.3 Å². The zero-order valence-corrected chi connectivity index (χ0v) is 10.4. The lowest BCUT2D eigenvalue weighted by atomic mass is 10.1. The van der Waals surface area contributed by atoms with Crippen LogP contribution in [0.25, 0.3) is 0 Å². The largest absolute Gasteiger partial charge is 0.397 e. The van der Waals surface area contributed by atoms with Crippen LogP contribution >= 0.6 is 0 Å². The van der Waals surface area contributed by atoms with Gasteiger partial charge in [0.15, 0.2) is 0 Å². The molecule has 0 radical (unpaired) electrons. The molecule has 0 saturated heterocycles. The minimum absolute atomic E-state index is 0.621. The van der Waals surface area contributed by atoms with Gasteiger partial charge in [0, 0.05) is 5.69 Å². The van der Waals surface area contributed by atoms with Gasteiger partial charge in [-0.1, -0.05) is 6.07 Å². The zero-order chi connectivity index (χ0) is 13.1. The summed E-state index contributed by atoms with van der Waals surface area (Å²) in [5, 5.41) is 12.1. The number of anilines is 3. The van der Waals surface area contributed by atoms with E-state index in [4.69, 9.17) is 11.0 Å². The first-order chi connectivity index (χ1) is 8.60. The van der Waals surface area contributed by atoms with Crippen LogP contribution in [0.3, 0.4) is 0 Å². The lowest BCUT2D eigenvalue weighted by Crippen LogP contribution is -2.00. The van der Waals surface area contributed by atoms with Gasteiger partial charge in [-0.3, -0.25) is 0 Å². The van der Waals surface area contributed by atoms with Crippen molar-refractivity contribution in [3.63, 3.8) is 0 Å². The van der Waals surface area contributed by atoms with Gasteiger partial charge < -0.3 is 11.1 Å². The van der Waals surface area contributed by atoms with Crippen LogP contribution in [-0.4, -0.2) is 4.98 Å². The highest BCUT2D eigenvalue weighted by Gasteiger charge is 2.04. The molecule has 0 bridgehead atoms. The summed E-state index contributed by atoms with van der Waals surface area (Å²) in [6.07, 6.45) is 1.61. The van der Waals surface area contributed by atoms with Crippen molar-refractivity contribution in [1.29, 1.82) is 5.26 Å². The predicted octanol–water partition coefficient (Wildman–Crippen LogP) is 2.90. The number of aromatic nitrogens is 1. The summed E-state index contributed by atoms with van der Waals surface area (Å²) >= 11 is 0. The molecule has 0 saturated carbocycles. The molecule has 0 atom stereocenters. The van der Waals surface area contributed by atoms with Gasteiger partial charge in [-0.15, -0.1) is 0 Å². The summed E-state index contributed by atoms with van der Waals surface area (Å²) in [5.74, 6) is 0.752. The fourth-order valence-corrected chi connectivity index (χ4v) is 1.68. The second-order valence-electron chi connectivity index (χ2n) is 4.20. The molecule has 4 nitrogen and oxygen atoms in total. The van der Waals surface area contributed by atoms with Crippen molar-refractivity contribution in [2.75, 3.05) is 11.1 Å². The van der Waals surface area contributed by atoms with E-state index in [9.17, 15) is 0 Å². The maximum atomic E-state index is 8.90. The van der Waals surface area contributed by atoms with Crippen LogP contribution < -0.4 is 11.1 Å². The molecule has 0 spiro atoms. The molecule has 1 aromatic heterocycles. The monoisotopic (exact) mass is 238 g/mol. The van der Waals surface area contributed by atoms with E-state index in [2.05, 4.69) is 16.4 Å². The van der Waals surface area contributed by atoms with Crippen LogP contribution in [0.4, 0.5) is 17.2 Å². The molecule has 90 valence electrons. The first kappa shape index (κ1) is 11.9. The minimum Gasteiger partial charge on any atom is -0.397 e. The van der Waals surface area contributed by atoms with E-state index in [1.807, 2.05) is 32.0 Å². The number of hydrogen-bond acceptors (Lipinski definition) is 4. The molecular formula is C14H14N4. The summed E-state index contributed by atoms with van der Waals surface area (Å²) in [6.45, 7) is 3.92. The van der Waals surface area contributed by atoms with E-state index in [0.29, 0.717) is 11.3 Å². The molecule has 2 aromatic rings. The highest BCUT2D eigenvalue weighted by Crippen LogP contribution is 2.23. The Hall–Kier alpha value is -2.54. The van der Waals surface area contributed by atoms with Gasteiger partial charge in [0.05, 0.1) is 23.5 Å². The van der Waals surface area contributed by atoms with Crippen molar-refractivity contribution < 1.29 is 0 Å². The number of benzene rings is 1. The lowest BCUT2D eigenvalue weighted by Gasteiger charge is -2.11. The summed E-state index contributed by atoms with van der Waals surface area (Å²) in [5.41, 5.74) is 9.84. The van der Waals surface area contributed by atoms with Gasteiger partial charge >= 0.3 is 0 Å². The van der Waals surface area contributed by atoms with Crippen LogP contribution in [0.2, 0.25) is 0 Å². The zero-order valence-electron chi connectivity index (χ0n) is 10.4. The quantitative estimate of drug-likeness (QED) is 0.843. The number of pyridine rings is 1. The number of rotatable bonds is 2. The first-order valence-corrected chi connectivity index (χ1v) is 5.60. The maximum absolute atomic E-state index is 8.90. The normalized spacial score (nSPS) is 9.83. The molecule has 0 aliphatic rings. The number of hydrogen-bond donors (Lipinski definition) is 2. The standard InChI is InChI=1S/C14H14N4/c1-9-3-4-11(7-15)6-13(9)18-14-10(2)5-12(16)8-17-14/h3-6,8H,16H2,1-2H3,(H,17,18). The van der Waals surface area contributed by atoms with Crippen molar-refractivity contribution >= 4 is 17.2 Å². The number of nitrogen functional groups attached to an aromatic ring is 1. The van der Waals surface area contributed by atoms with Crippen molar-refractivity contribution in [3.05, 3.63) is 47.2 Å². The first-order valence-electron chi connectivity index (χ1n) is 5.60. The van der Waals surface area contributed by atoms with Gasteiger partial charge in [0.25, 0.3) is 0 Å². The van der Waals surface area contributed by atoms with Crippen LogP contribution in [-0.2, 0) is 0 Å². The average Bonchev–Trinajstić information content (AvgIpc) is 2.35. The number of aryl methyl sites for hydroxylation is 2. The summed E-state index contributed by atoms with van der Waals surface area (Å²) in [4.78, 5) is 4.25. The molecule has 4 heteroatoms. The van der Waals surface area contributed by atoms with Gasteiger partial charge in [-0.05, 0) is 43.2 Å². The third-order valence-electron chi connectivity index (χ3n) is 2.72. The smallest absolute Gasteiger partial charge is 0.133 e. The van der Waals surface area contributed by atoms with E-state index in [0.717, 1.165) is 22.6 Å². The number of nitrogens with two attached hydrogens (primary N) is 1. The van der Waals surface area contributed by atoms with E-state index in [1.165, 1.54) is 0 Å². The molecule has 0 aliphatic carbocycles. The number of nitrogens with zero attached hydrogens (tertiary/aromatic N) is 2. The van der Waals surface area contributed by atoms with Crippen molar-refractivity contribution in [3.8, 4) is 6.07 Å². The maximum Gasteiger partial charge on any atom is 0.133 e. The van der Waals surface area contributed by atoms with Crippen molar-refractivity contribution in [2.24, 2.45) is 0 Å². The van der Waals surface area contributed by atoms with E-state index >= 15 is 0 Å². The van der Waals surface area contributed by atoms with Crippen LogP contribution in [0, 0.1) is 25.2 Å². The van der Waals surface area contributed by atoms with Crippen LogP contribution in [0.5, 0.6) is 0 Å². The molecule has 0 amide bonds. The minimum atomic E-state index is 0.621. The van der Waals surface area contributed by atoms with E-state index in [-0.39, 0.29) is 0 Å². The SMILES string of the molecule is Cc1ccc(C#N)cc1Nc1ncc(N)cc1C. The Morgan fingerprint density at radius 3 is 2.67 bits per heavy atom. The van der Waals surface area contributed by atoms with Crippen molar-refractivity contribution in [1.82, 2.24) is 4.98 Å². The van der Waals surface area contributed by atoms with Gasteiger partial charge in [0.1, 0.15) is 5.82 Å². The van der Waals surface area contributed by atoms with Gasteiger partial charge in [-0.2, -0.15) is 5.26 Å². The molecule has 0 aliphatic heterocycles. The van der Waals surface area contributed by atoms with Gasteiger partial charge in [-0.25, -0.2) is 4.98 Å². The third-order valence-corrected chi connectivity index (χ3v) is 2.72. The highest BCUT2D eigenvalue weighted by molar-refractivity contribution is 5.65. The second kappa shape index (κ2) is 4.76.